The second kappa shape index (κ2) is 3.60. The maximum Gasteiger partial charge on any atom is 0.433 e. The van der Waals surface area contributed by atoms with Crippen LogP contribution >= 0.6 is 0 Å². The molecule has 0 atom stereocenters. The summed E-state index contributed by atoms with van der Waals surface area (Å²) in [6.07, 6.45) is -4.18. The summed E-state index contributed by atoms with van der Waals surface area (Å²) < 4.78 is 48.8. The van der Waals surface area contributed by atoms with Gasteiger partial charge in [0.2, 0.25) is 6.41 Å². The minimum Gasteiger partial charge on any atom is -0.326 e. The number of anilines is 1. The van der Waals surface area contributed by atoms with E-state index < -0.39 is 23.4 Å². The molecule has 0 fully saturated rings. The van der Waals surface area contributed by atoms with Crippen molar-refractivity contribution in [1.29, 1.82) is 0 Å². The first-order valence-electron chi connectivity index (χ1n) is 3.38. The van der Waals surface area contributed by atoms with E-state index in [1.165, 1.54) is 0 Å². The average Bonchev–Trinajstić information content (AvgIpc) is 2.07. The van der Waals surface area contributed by atoms with E-state index in [0.29, 0.717) is 12.3 Å². The number of carbonyl (C=O) groups is 1. The molecule has 0 saturated heterocycles. The molecule has 1 heterocycles. The molecular weight excluding hydrogens is 204 g/mol. The molecule has 0 bridgehead atoms. The highest BCUT2D eigenvalue weighted by molar-refractivity contribution is 5.71. The molecule has 7 heteroatoms. The van der Waals surface area contributed by atoms with Crippen molar-refractivity contribution in [2.45, 2.75) is 6.18 Å². The van der Waals surface area contributed by atoms with Gasteiger partial charge in [-0.3, -0.25) is 4.79 Å². The Kier molecular flexibility index (Phi) is 2.68. The lowest BCUT2D eigenvalue weighted by atomic mass is 10.3. The Morgan fingerprint density at radius 2 is 2.07 bits per heavy atom. The van der Waals surface area contributed by atoms with Gasteiger partial charge in [-0.05, 0) is 6.07 Å². The van der Waals surface area contributed by atoms with Crippen molar-refractivity contribution in [3.63, 3.8) is 0 Å². The average molecular weight is 208 g/mol. The third-order valence-electron chi connectivity index (χ3n) is 1.36. The van der Waals surface area contributed by atoms with Crippen LogP contribution in [-0.4, -0.2) is 11.4 Å². The Balaban J connectivity index is 3.12. The van der Waals surface area contributed by atoms with E-state index in [2.05, 4.69) is 4.98 Å². The maximum absolute atomic E-state index is 12.7. The molecule has 76 valence electrons. The number of amides is 1. The third kappa shape index (κ3) is 2.18. The van der Waals surface area contributed by atoms with Crippen molar-refractivity contribution in [3.8, 4) is 0 Å². The lowest BCUT2D eigenvalue weighted by Crippen LogP contribution is -2.09. The number of hydrogen-bond acceptors (Lipinski definition) is 2. The largest absolute Gasteiger partial charge is 0.433 e. The maximum atomic E-state index is 12.7. The highest BCUT2D eigenvalue weighted by atomic mass is 19.4. The molecule has 1 rings (SSSR count). The summed E-state index contributed by atoms with van der Waals surface area (Å²) in [5, 5.41) is 1.79. The van der Waals surface area contributed by atoms with Crippen LogP contribution in [0, 0.1) is 5.82 Å². The van der Waals surface area contributed by atoms with Gasteiger partial charge >= 0.3 is 6.18 Å². The van der Waals surface area contributed by atoms with Crippen molar-refractivity contribution in [3.05, 3.63) is 23.8 Å². The highest BCUT2D eigenvalue weighted by Crippen LogP contribution is 2.29. The summed E-state index contributed by atoms with van der Waals surface area (Å²) in [5.74, 6) is -1.02. The summed E-state index contributed by atoms with van der Waals surface area (Å²) in [7, 11) is 0. The van der Waals surface area contributed by atoms with Crippen molar-refractivity contribution in [2.75, 3.05) is 5.32 Å². The van der Waals surface area contributed by atoms with Crippen molar-refractivity contribution in [1.82, 2.24) is 4.98 Å². The quantitative estimate of drug-likeness (QED) is 0.594. The molecular formula is C7H4F4N2O. The Morgan fingerprint density at radius 3 is 2.57 bits per heavy atom. The summed E-state index contributed by atoms with van der Waals surface area (Å²) in [6, 6.07) is 0.420. The predicted molar refractivity (Wildman–Crippen MR) is 38.9 cm³/mol. The van der Waals surface area contributed by atoms with Gasteiger partial charge in [-0.15, -0.1) is 0 Å². The summed E-state index contributed by atoms with van der Waals surface area (Å²) in [5.41, 5.74) is -1.81. The van der Waals surface area contributed by atoms with Gasteiger partial charge in [-0.1, -0.05) is 0 Å². The van der Waals surface area contributed by atoms with Crippen LogP contribution < -0.4 is 5.32 Å². The molecule has 0 radical (unpaired) electrons. The summed E-state index contributed by atoms with van der Waals surface area (Å²) in [6.45, 7) is 0. The smallest absolute Gasteiger partial charge is 0.326 e. The topological polar surface area (TPSA) is 42.0 Å². The monoisotopic (exact) mass is 208 g/mol. The van der Waals surface area contributed by atoms with Crippen LogP contribution in [0.4, 0.5) is 23.2 Å². The van der Waals surface area contributed by atoms with E-state index in [1.54, 1.807) is 5.32 Å². The minimum atomic E-state index is -4.66. The van der Waals surface area contributed by atoms with Crippen molar-refractivity contribution >= 4 is 12.1 Å². The normalized spacial score (nSPS) is 11.1. The van der Waals surface area contributed by atoms with Gasteiger partial charge < -0.3 is 5.32 Å². The van der Waals surface area contributed by atoms with E-state index >= 15 is 0 Å². The molecule has 3 nitrogen and oxygen atoms in total. The number of pyridine rings is 1. The third-order valence-corrected chi connectivity index (χ3v) is 1.36. The highest BCUT2D eigenvalue weighted by Gasteiger charge is 2.33. The first kappa shape index (κ1) is 10.4. The molecule has 1 aromatic rings. The van der Waals surface area contributed by atoms with Crippen LogP contribution in [0.15, 0.2) is 12.3 Å². The number of aromatic nitrogens is 1. The minimum absolute atomic E-state index is 0.0819. The fraction of sp³-hybridized carbons (Fsp3) is 0.143. The fourth-order valence-electron chi connectivity index (χ4n) is 0.768. The SMILES string of the molecule is O=CNc1cc(C(F)(F)F)ncc1F. The van der Waals surface area contributed by atoms with E-state index in [9.17, 15) is 22.4 Å². The van der Waals surface area contributed by atoms with Crippen LogP contribution in [0.2, 0.25) is 0 Å². The Hall–Kier alpha value is -1.66. The zero-order valence-electron chi connectivity index (χ0n) is 6.60. The second-order valence-electron chi connectivity index (χ2n) is 2.31. The Morgan fingerprint density at radius 1 is 1.43 bits per heavy atom. The molecule has 1 aromatic heterocycles. The lowest BCUT2D eigenvalue weighted by Gasteiger charge is -2.07. The molecule has 0 saturated carbocycles. The molecule has 1 amide bonds. The zero-order chi connectivity index (χ0) is 10.8. The predicted octanol–water partition coefficient (Wildman–Crippen LogP) is 1.81. The molecule has 0 spiro atoms. The van der Waals surface area contributed by atoms with Gasteiger partial charge in [-0.2, -0.15) is 13.2 Å². The number of carbonyl (C=O) groups excluding carboxylic acids is 1. The summed E-state index contributed by atoms with van der Waals surface area (Å²) >= 11 is 0. The van der Waals surface area contributed by atoms with Crippen LogP contribution in [0.1, 0.15) is 5.69 Å². The molecule has 0 aliphatic rings. The molecule has 0 unspecified atom stereocenters. The molecule has 0 aliphatic carbocycles. The van der Waals surface area contributed by atoms with E-state index in [-0.39, 0.29) is 6.41 Å². The Labute approximate surface area is 75.8 Å². The van der Waals surface area contributed by atoms with E-state index in [1.807, 2.05) is 0 Å². The standard InChI is InChI=1S/C7H4F4N2O/c8-4-2-12-6(7(9,10)11)1-5(4)13-3-14/h1-3H,(H,12,13,14). The molecule has 1 N–H and O–H groups in total. The van der Waals surface area contributed by atoms with Crippen LogP contribution in [0.3, 0.4) is 0 Å². The van der Waals surface area contributed by atoms with Gasteiger partial charge in [-0.25, -0.2) is 9.37 Å². The van der Waals surface area contributed by atoms with Crippen LogP contribution in [0.25, 0.3) is 0 Å². The number of nitrogens with zero attached hydrogens (tertiary/aromatic N) is 1. The van der Waals surface area contributed by atoms with Gasteiger partial charge in [0.25, 0.3) is 0 Å². The summed E-state index contributed by atoms with van der Waals surface area (Å²) in [4.78, 5) is 12.7. The van der Waals surface area contributed by atoms with Crippen molar-refractivity contribution < 1.29 is 22.4 Å². The van der Waals surface area contributed by atoms with Gasteiger partial charge in [0, 0.05) is 0 Å². The Bertz CT molecular complexity index is 350. The number of alkyl halides is 3. The molecule has 0 aromatic carbocycles. The van der Waals surface area contributed by atoms with E-state index in [4.69, 9.17) is 0 Å². The number of halogens is 4. The number of rotatable bonds is 2. The fourth-order valence-corrected chi connectivity index (χ4v) is 0.768. The molecule has 0 aliphatic heterocycles. The van der Waals surface area contributed by atoms with Gasteiger partial charge in [0.05, 0.1) is 11.9 Å². The lowest BCUT2D eigenvalue weighted by molar-refractivity contribution is -0.141. The van der Waals surface area contributed by atoms with Crippen molar-refractivity contribution in [2.24, 2.45) is 0 Å². The number of nitrogens with one attached hydrogen (secondary N) is 1. The van der Waals surface area contributed by atoms with Gasteiger partial charge in [0.1, 0.15) is 5.69 Å². The zero-order valence-corrected chi connectivity index (χ0v) is 6.60. The van der Waals surface area contributed by atoms with Gasteiger partial charge in [0.15, 0.2) is 5.82 Å². The van der Waals surface area contributed by atoms with Crippen LogP contribution in [-0.2, 0) is 11.0 Å². The molecule has 14 heavy (non-hydrogen) atoms. The van der Waals surface area contributed by atoms with Crippen LogP contribution in [0.5, 0.6) is 0 Å². The number of hydrogen-bond donors (Lipinski definition) is 1. The van der Waals surface area contributed by atoms with E-state index in [0.717, 1.165) is 0 Å². The first-order valence-corrected chi connectivity index (χ1v) is 3.38. The second-order valence-corrected chi connectivity index (χ2v) is 2.31. The first-order chi connectivity index (χ1) is 6.45.